The van der Waals surface area contributed by atoms with Crippen molar-refractivity contribution in [1.29, 1.82) is 0 Å². The third-order valence-corrected chi connectivity index (χ3v) is 4.85. The van der Waals surface area contributed by atoms with E-state index in [2.05, 4.69) is 12.0 Å². The second-order valence-electron chi connectivity index (χ2n) is 6.32. The summed E-state index contributed by atoms with van der Waals surface area (Å²) in [6.45, 7) is 7.89. The van der Waals surface area contributed by atoms with Gasteiger partial charge in [0.05, 0.1) is 11.8 Å². The van der Waals surface area contributed by atoms with Crippen LogP contribution >= 0.6 is 11.6 Å². The molecule has 1 aliphatic rings. The van der Waals surface area contributed by atoms with Crippen molar-refractivity contribution in [3.05, 3.63) is 22.5 Å². The molecule has 2 atom stereocenters. The number of likely N-dealkylation sites (tertiary alicyclic amines) is 1. The van der Waals surface area contributed by atoms with Gasteiger partial charge in [-0.25, -0.2) is 0 Å². The number of carbonyl (C=O) groups excluding carboxylic acids is 1. The Morgan fingerprint density at radius 1 is 1.52 bits per heavy atom. The lowest BCUT2D eigenvalue weighted by Crippen LogP contribution is -2.45. The number of aryl methyl sites for hydroxylation is 2. The van der Waals surface area contributed by atoms with E-state index in [1.165, 1.54) is 6.08 Å². The van der Waals surface area contributed by atoms with Gasteiger partial charge >= 0.3 is 0 Å². The maximum Gasteiger partial charge on any atom is 0.246 e. The highest BCUT2D eigenvalue weighted by Crippen LogP contribution is 2.22. The fourth-order valence-corrected chi connectivity index (χ4v) is 3.04. The van der Waals surface area contributed by atoms with Crippen LogP contribution in [-0.4, -0.2) is 44.9 Å². The van der Waals surface area contributed by atoms with Crippen molar-refractivity contribution in [2.45, 2.75) is 52.7 Å². The summed E-state index contributed by atoms with van der Waals surface area (Å²) in [5, 5.41) is 14.9. The van der Waals surface area contributed by atoms with Gasteiger partial charge in [-0.2, -0.15) is 5.10 Å². The lowest BCUT2D eigenvalue weighted by Gasteiger charge is -2.33. The van der Waals surface area contributed by atoms with E-state index in [0.717, 1.165) is 37.1 Å². The maximum atomic E-state index is 12.3. The molecule has 1 fully saturated rings. The summed E-state index contributed by atoms with van der Waals surface area (Å²) in [5.74, 6) is 0.157. The molecular weight excluding hydrogens is 314 g/mol. The van der Waals surface area contributed by atoms with Crippen molar-refractivity contribution in [2.75, 3.05) is 13.1 Å². The molecular formula is C17H26ClN3O2. The average molecular weight is 340 g/mol. The lowest BCUT2D eigenvalue weighted by molar-refractivity contribution is -0.130. The molecule has 0 aromatic carbocycles. The molecule has 0 bridgehead atoms. The van der Waals surface area contributed by atoms with E-state index < -0.39 is 6.10 Å². The smallest absolute Gasteiger partial charge is 0.246 e. The molecule has 1 saturated heterocycles. The highest BCUT2D eigenvalue weighted by atomic mass is 35.5. The summed E-state index contributed by atoms with van der Waals surface area (Å²) >= 11 is 6.36. The Hall–Kier alpha value is -1.33. The third-order valence-electron chi connectivity index (χ3n) is 4.46. The first kappa shape index (κ1) is 18.0. The number of carbonyl (C=O) groups is 1. The van der Waals surface area contributed by atoms with Crippen LogP contribution in [-0.2, 0) is 11.3 Å². The first-order valence-corrected chi connectivity index (χ1v) is 8.69. The zero-order valence-corrected chi connectivity index (χ0v) is 14.9. The molecule has 6 heteroatoms. The van der Waals surface area contributed by atoms with Crippen LogP contribution in [0.3, 0.4) is 0 Å². The Kier molecular flexibility index (Phi) is 6.25. The molecule has 5 nitrogen and oxygen atoms in total. The first-order valence-electron chi connectivity index (χ1n) is 8.32. The standard InChI is InChI=1S/C17H26ClN3O2/c1-4-5-9-21-17(18)14(13(3)19-21)6-7-16(23)20-10-8-12(2)15(22)11-20/h6-7,12,15,22H,4-5,8-11H2,1-3H3/b7-6+. The minimum Gasteiger partial charge on any atom is -0.391 e. The molecule has 0 saturated carbocycles. The third kappa shape index (κ3) is 4.36. The summed E-state index contributed by atoms with van der Waals surface area (Å²) in [5.41, 5.74) is 1.62. The quantitative estimate of drug-likeness (QED) is 0.839. The van der Waals surface area contributed by atoms with Crippen LogP contribution < -0.4 is 0 Å². The second-order valence-corrected chi connectivity index (χ2v) is 6.68. The summed E-state index contributed by atoms with van der Waals surface area (Å²) in [4.78, 5) is 14.0. The van der Waals surface area contributed by atoms with Gasteiger partial charge in [0.15, 0.2) is 0 Å². The topological polar surface area (TPSA) is 58.4 Å². The van der Waals surface area contributed by atoms with E-state index in [9.17, 15) is 9.90 Å². The molecule has 0 radical (unpaired) electrons. The van der Waals surface area contributed by atoms with E-state index in [4.69, 9.17) is 11.6 Å². The summed E-state index contributed by atoms with van der Waals surface area (Å²) in [7, 11) is 0. The second kappa shape index (κ2) is 7.97. The summed E-state index contributed by atoms with van der Waals surface area (Å²) in [6.07, 6.45) is 5.75. The molecule has 2 unspecified atom stereocenters. The minimum absolute atomic E-state index is 0.0901. The van der Waals surface area contributed by atoms with Crippen LogP contribution in [0.15, 0.2) is 6.08 Å². The number of hydrogen-bond acceptors (Lipinski definition) is 3. The predicted molar refractivity (Wildman–Crippen MR) is 92.3 cm³/mol. The number of β-amino-alcohol motifs (C(OH)–C–C–N with tert-alkyl or cyclic N) is 1. The van der Waals surface area contributed by atoms with Crippen molar-refractivity contribution in [3.8, 4) is 0 Å². The lowest BCUT2D eigenvalue weighted by atomic mass is 9.96. The number of halogens is 1. The molecule has 1 N–H and O–H groups in total. The Morgan fingerprint density at radius 3 is 2.91 bits per heavy atom. The SMILES string of the molecule is CCCCn1nc(C)c(/C=C/C(=O)N2CCC(C)C(O)C2)c1Cl. The summed E-state index contributed by atoms with van der Waals surface area (Å²) in [6, 6.07) is 0. The van der Waals surface area contributed by atoms with E-state index in [1.54, 1.807) is 15.7 Å². The fourth-order valence-electron chi connectivity index (χ4n) is 2.72. The van der Waals surface area contributed by atoms with Gasteiger partial charge in [0, 0.05) is 31.3 Å². The van der Waals surface area contributed by atoms with Crippen molar-refractivity contribution in [1.82, 2.24) is 14.7 Å². The molecule has 2 heterocycles. The minimum atomic E-state index is -0.441. The number of unbranched alkanes of at least 4 members (excludes halogenated alkanes) is 1. The van der Waals surface area contributed by atoms with Crippen molar-refractivity contribution in [2.24, 2.45) is 5.92 Å². The zero-order valence-electron chi connectivity index (χ0n) is 14.1. The first-order chi connectivity index (χ1) is 10.9. The van der Waals surface area contributed by atoms with E-state index in [-0.39, 0.29) is 11.8 Å². The van der Waals surface area contributed by atoms with Crippen LogP contribution in [0.25, 0.3) is 6.08 Å². The van der Waals surface area contributed by atoms with Crippen LogP contribution in [0.2, 0.25) is 5.15 Å². The van der Waals surface area contributed by atoms with E-state index in [1.807, 2.05) is 13.8 Å². The zero-order chi connectivity index (χ0) is 17.0. The van der Waals surface area contributed by atoms with Gasteiger partial charge < -0.3 is 10.0 Å². The highest BCUT2D eigenvalue weighted by molar-refractivity contribution is 6.31. The molecule has 1 aromatic rings. The van der Waals surface area contributed by atoms with Crippen molar-refractivity contribution in [3.63, 3.8) is 0 Å². The number of amides is 1. The Morgan fingerprint density at radius 2 is 2.26 bits per heavy atom. The van der Waals surface area contributed by atoms with Crippen LogP contribution in [0.5, 0.6) is 0 Å². The molecule has 23 heavy (non-hydrogen) atoms. The Balaban J connectivity index is 2.05. The van der Waals surface area contributed by atoms with Crippen molar-refractivity contribution >= 4 is 23.6 Å². The molecule has 1 aliphatic heterocycles. The molecule has 0 aliphatic carbocycles. The molecule has 0 spiro atoms. The number of aliphatic hydroxyl groups excluding tert-OH is 1. The number of hydrogen-bond donors (Lipinski definition) is 1. The van der Waals surface area contributed by atoms with Gasteiger partial charge in [0.25, 0.3) is 0 Å². The van der Waals surface area contributed by atoms with Gasteiger partial charge in [0.2, 0.25) is 5.91 Å². The van der Waals surface area contributed by atoms with Crippen LogP contribution in [0.1, 0.15) is 44.4 Å². The van der Waals surface area contributed by atoms with Gasteiger partial charge in [-0.05, 0) is 31.8 Å². The normalized spacial score (nSPS) is 22.0. The predicted octanol–water partition coefficient (Wildman–Crippen LogP) is 2.89. The molecule has 128 valence electrons. The van der Waals surface area contributed by atoms with Gasteiger partial charge in [-0.1, -0.05) is 31.9 Å². The van der Waals surface area contributed by atoms with E-state index in [0.29, 0.717) is 18.2 Å². The largest absolute Gasteiger partial charge is 0.391 e. The number of piperidine rings is 1. The number of nitrogens with zero attached hydrogens (tertiary/aromatic N) is 3. The number of aliphatic hydroxyl groups is 1. The van der Waals surface area contributed by atoms with Gasteiger partial charge in [0.1, 0.15) is 5.15 Å². The molecule has 2 rings (SSSR count). The number of aromatic nitrogens is 2. The van der Waals surface area contributed by atoms with Gasteiger partial charge in [-0.3, -0.25) is 9.48 Å². The van der Waals surface area contributed by atoms with Crippen LogP contribution in [0.4, 0.5) is 0 Å². The molecule has 1 aromatic heterocycles. The van der Waals surface area contributed by atoms with E-state index >= 15 is 0 Å². The van der Waals surface area contributed by atoms with Crippen LogP contribution in [0, 0.1) is 12.8 Å². The Labute approximate surface area is 142 Å². The monoisotopic (exact) mass is 339 g/mol. The number of rotatable bonds is 5. The maximum absolute atomic E-state index is 12.3. The average Bonchev–Trinajstić information content (AvgIpc) is 2.79. The Bertz CT molecular complexity index is 583. The van der Waals surface area contributed by atoms with Crippen molar-refractivity contribution < 1.29 is 9.90 Å². The highest BCUT2D eigenvalue weighted by Gasteiger charge is 2.26. The molecule has 1 amide bonds. The summed E-state index contributed by atoms with van der Waals surface area (Å²) < 4.78 is 1.79. The van der Waals surface area contributed by atoms with Gasteiger partial charge in [-0.15, -0.1) is 0 Å². The fraction of sp³-hybridized carbons (Fsp3) is 0.647.